The molecule has 1 aromatic carbocycles. The number of rotatable bonds is 9. The molecule has 0 spiro atoms. The summed E-state index contributed by atoms with van der Waals surface area (Å²) in [6.07, 6.45) is -2.22. The second-order valence-electron chi connectivity index (χ2n) is 7.63. The number of ether oxygens (including phenoxy) is 6. The Kier molecular flexibility index (Phi) is 8.85. The molecular formula is C23H23F3N2O8S. The van der Waals surface area contributed by atoms with Crippen molar-refractivity contribution in [1.82, 2.24) is 9.55 Å². The highest BCUT2D eigenvalue weighted by Crippen LogP contribution is 2.37. The van der Waals surface area contributed by atoms with Crippen molar-refractivity contribution < 1.29 is 41.6 Å². The van der Waals surface area contributed by atoms with E-state index in [1.165, 1.54) is 21.3 Å². The average molecular weight is 545 g/mol. The van der Waals surface area contributed by atoms with Gasteiger partial charge in [0.2, 0.25) is 0 Å². The van der Waals surface area contributed by atoms with Gasteiger partial charge in [-0.1, -0.05) is 5.92 Å². The van der Waals surface area contributed by atoms with Crippen LogP contribution in [0.4, 0.5) is 13.2 Å². The smallest absolute Gasteiger partial charge is 0.423 e. The number of nitrogens with zero attached hydrogens (tertiary/aromatic N) is 1. The van der Waals surface area contributed by atoms with Gasteiger partial charge in [0.05, 0.1) is 33.0 Å². The van der Waals surface area contributed by atoms with Crippen LogP contribution < -0.4 is 25.5 Å². The van der Waals surface area contributed by atoms with Crippen LogP contribution in [0.25, 0.3) is 0 Å². The summed E-state index contributed by atoms with van der Waals surface area (Å²) >= 11 is 5.40. The van der Waals surface area contributed by atoms with Crippen molar-refractivity contribution in [2.24, 2.45) is 0 Å². The molecule has 1 fully saturated rings. The zero-order valence-electron chi connectivity index (χ0n) is 19.9. The Morgan fingerprint density at radius 3 is 2.57 bits per heavy atom. The summed E-state index contributed by atoms with van der Waals surface area (Å²) in [7, 11) is 4.31. The van der Waals surface area contributed by atoms with E-state index in [1.807, 2.05) is 0 Å². The molecule has 1 aromatic heterocycles. The molecule has 3 rings (SSSR count). The Labute approximate surface area is 214 Å². The zero-order valence-corrected chi connectivity index (χ0v) is 20.7. The van der Waals surface area contributed by atoms with Gasteiger partial charge in [-0.3, -0.25) is 14.3 Å². The third-order valence-electron chi connectivity index (χ3n) is 5.43. The van der Waals surface area contributed by atoms with Gasteiger partial charge in [0.1, 0.15) is 36.9 Å². The van der Waals surface area contributed by atoms with Crippen molar-refractivity contribution in [2.45, 2.75) is 31.0 Å². The Morgan fingerprint density at radius 2 is 1.97 bits per heavy atom. The molecule has 14 heteroatoms. The minimum absolute atomic E-state index is 0.0163. The Hall–Kier alpha value is -3.54. The number of H-pyrrole nitrogens is 1. The van der Waals surface area contributed by atoms with E-state index in [-0.39, 0.29) is 30.4 Å². The van der Waals surface area contributed by atoms with Crippen LogP contribution >= 0.6 is 12.2 Å². The number of alkyl halides is 3. The largest absolute Gasteiger partial charge is 0.497 e. The molecule has 2 aromatic rings. The molecule has 1 saturated heterocycles. The molecule has 200 valence electrons. The van der Waals surface area contributed by atoms with Crippen LogP contribution in [0.2, 0.25) is 0 Å². The normalized spacial score (nSPS) is 19.2. The van der Waals surface area contributed by atoms with E-state index in [1.54, 1.807) is 17.1 Å². The first-order valence-electron chi connectivity index (χ1n) is 10.6. The van der Waals surface area contributed by atoms with Crippen LogP contribution in [0.5, 0.6) is 17.2 Å². The van der Waals surface area contributed by atoms with Crippen molar-refractivity contribution in [3.8, 4) is 29.6 Å². The molecule has 10 nitrogen and oxygen atoms in total. The van der Waals surface area contributed by atoms with Gasteiger partial charge in [0, 0.05) is 18.7 Å². The second-order valence-corrected chi connectivity index (χ2v) is 8.01. The van der Waals surface area contributed by atoms with Gasteiger partial charge in [0.15, 0.2) is 16.5 Å². The molecule has 0 aliphatic carbocycles. The quantitative estimate of drug-likeness (QED) is 0.376. The van der Waals surface area contributed by atoms with E-state index in [2.05, 4.69) is 5.92 Å². The van der Waals surface area contributed by atoms with Crippen LogP contribution in [0.1, 0.15) is 23.8 Å². The van der Waals surface area contributed by atoms with E-state index in [9.17, 15) is 22.8 Å². The third kappa shape index (κ3) is 6.24. The van der Waals surface area contributed by atoms with E-state index < -0.39 is 41.4 Å². The number of halogens is 3. The van der Waals surface area contributed by atoms with Crippen LogP contribution in [-0.2, 0) is 20.4 Å². The molecule has 0 unspecified atom stereocenters. The zero-order chi connectivity index (χ0) is 27.3. The lowest BCUT2D eigenvalue weighted by atomic mass is 10.1. The topological polar surface area (TPSA) is 110 Å². The maximum Gasteiger partial charge on any atom is 0.423 e. The number of terminal acetylenes is 1. The maximum absolute atomic E-state index is 13.2. The third-order valence-corrected chi connectivity index (χ3v) is 5.77. The SMILES string of the molecule is C#CCO[C@H]1C[C@H](n2cc(C(F)(F)F)c(=O)[nH]c2=O)O[C@@H]1COC(=S)c1cc(OC)cc(OC)c1OC. The van der Waals surface area contributed by atoms with E-state index in [0.29, 0.717) is 27.8 Å². The van der Waals surface area contributed by atoms with Gasteiger partial charge in [-0.25, -0.2) is 4.79 Å². The summed E-state index contributed by atoms with van der Waals surface area (Å²) < 4.78 is 73.4. The number of aromatic amines is 1. The number of nitrogens with one attached hydrogen (secondary N) is 1. The highest BCUT2D eigenvalue weighted by Gasteiger charge is 2.40. The highest BCUT2D eigenvalue weighted by molar-refractivity contribution is 7.80. The first-order chi connectivity index (χ1) is 17.5. The summed E-state index contributed by atoms with van der Waals surface area (Å²) in [4.78, 5) is 25.6. The molecule has 3 atom stereocenters. The fourth-order valence-corrected chi connectivity index (χ4v) is 3.92. The fourth-order valence-electron chi connectivity index (χ4n) is 3.70. The first-order valence-corrected chi connectivity index (χ1v) is 11.0. The van der Waals surface area contributed by atoms with Gasteiger partial charge in [-0.2, -0.15) is 13.2 Å². The van der Waals surface area contributed by atoms with Gasteiger partial charge >= 0.3 is 11.9 Å². The monoisotopic (exact) mass is 544 g/mol. The highest BCUT2D eigenvalue weighted by atomic mass is 32.1. The van der Waals surface area contributed by atoms with E-state index in [4.69, 9.17) is 47.1 Å². The van der Waals surface area contributed by atoms with Crippen molar-refractivity contribution in [2.75, 3.05) is 34.5 Å². The van der Waals surface area contributed by atoms with Gasteiger partial charge < -0.3 is 28.4 Å². The molecule has 37 heavy (non-hydrogen) atoms. The van der Waals surface area contributed by atoms with Gasteiger partial charge in [-0.05, 0) is 18.3 Å². The number of hydrogen-bond acceptors (Lipinski definition) is 9. The Bertz CT molecular complexity index is 1300. The van der Waals surface area contributed by atoms with Crippen LogP contribution in [-0.4, -0.2) is 61.4 Å². The van der Waals surface area contributed by atoms with Crippen LogP contribution in [0, 0.1) is 12.3 Å². The predicted octanol–water partition coefficient (Wildman–Crippen LogP) is 2.28. The maximum atomic E-state index is 13.2. The molecule has 0 radical (unpaired) electrons. The number of benzene rings is 1. The molecule has 1 aliphatic heterocycles. The molecule has 1 aliphatic rings. The predicted molar refractivity (Wildman–Crippen MR) is 127 cm³/mol. The van der Waals surface area contributed by atoms with Crippen LogP contribution in [0.3, 0.4) is 0 Å². The van der Waals surface area contributed by atoms with Crippen molar-refractivity contribution in [3.63, 3.8) is 0 Å². The number of aromatic nitrogens is 2. The van der Waals surface area contributed by atoms with Gasteiger partial charge in [-0.15, -0.1) is 6.42 Å². The van der Waals surface area contributed by atoms with Crippen molar-refractivity contribution >= 4 is 17.3 Å². The first kappa shape index (κ1) is 28.0. The Balaban J connectivity index is 1.85. The fraction of sp³-hybridized carbons (Fsp3) is 0.435. The summed E-state index contributed by atoms with van der Waals surface area (Å²) in [6, 6.07) is 3.17. The van der Waals surface area contributed by atoms with Crippen molar-refractivity contribution in [3.05, 3.63) is 50.3 Å². The second kappa shape index (κ2) is 11.7. The lowest BCUT2D eigenvalue weighted by Crippen LogP contribution is -2.36. The summed E-state index contributed by atoms with van der Waals surface area (Å²) in [5.74, 6) is 3.35. The number of methoxy groups -OCH3 is 3. The van der Waals surface area contributed by atoms with E-state index >= 15 is 0 Å². The summed E-state index contributed by atoms with van der Waals surface area (Å²) in [5.41, 5.74) is -3.84. The molecule has 0 saturated carbocycles. The lowest BCUT2D eigenvalue weighted by Gasteiger charge is -2.20. The number of thiocarbonyl (C=S) groups is 1. The molecule has 1 N–H and O–H groups in total. The average Bonchev–Trinajstić information content (AvgIpc) is 3.26. The van der Waals surface area contributed by atoms with Crippen LogP contribution in [0.15, 0.2) is 27.9 Å². The molecule has 2 heterocycles. The van der Waals surface area contributed by atoms with E-state index in [0.717, 1.165) is 0 Å². The summed E-state index contributed by atoms with van der Waals surface area (Å²) in [6.45, 7) is -0.339. The lowest BCUT2D eigenvalue weighted by molar-refractivity contribution is -0.139. The minimum atomic E-state index is -4.98. The minimum Gasteiger partial charge on any atom is -0.497 e. The Morgan fingerprint density at radius 1 is 1.24 bits per heavy atom. The summed E-state index contributed by atoms with van der Waals surface area (Å²) in [5, 5.41) is -0.0163. The van der Waals surface area contributed by atoms with Crippen molar-refractivity contribution in [1.29, 1.82) is 0 Å². The van der Waals surface area contributed by atoms with Gasteiger partial charge in [0.25, 0.3) is 5.56 Å². The molecule has 0 amide bonds. The number of hydrogen-bond donors (Lipinski definition) is 1. The molecular weight excluding hydrogens is 521 g/mol. The standard InChI is InChI=1S/C23H23F3N2O8S/c1-5-6-34-15-9-18(28-10-14(23(24,25)26)20(29)27-22(28)30)36-17(15)11-35-21(37)13-7-12(31-2)8-16(32-3)19(13)33-4/h1,7-8,10,15,17-18H,6,9,11H2,2-4H3,(H,27,29,30)/t15-,17+,18+/m0/s1. The molecule has 0 bridgehead atoms.